The fraction of sp³-hybridized carbons (Fsp3) is 0.611. The van der Waals surface area contributed by atoms with Crippen LogP contribution in [0, 0.1) is 12.8 Å². The van der Waals surface area contributed by atoms with Gasteiger partial charge in [0.15, 0.2) is 0 Å². The Kier molecular flexibility index (Phi) is 4.72. The van der Waals surface area contributed by atoms with Gasteiger partial charge in [-0.2, -0.15) is 0 Å². The number of nitrogens with two attached hydrogens (primary N) is 1. The maximum absolute atomic E-state index is 13.0. The molecule has 1 fully saturated rings. The minimum atomic E-state index is -0.481. The number of nitrogens with zero attached hydrogens (tertiary/aromatic N) is 1. The van der Waals surface area contributed by atoms with Crippen molar-refractivity contribution < 1.29 is 4.79 Å². The lowest BCUT2D eigenvalue weighted by atomic mass is 9.79. The molecule has 2 N–H and O–H groups in total. The van der Waals surface area contributed by atoms with E-state index in [2.05, 4.69) is 19.1 Å². The molecule has 1 saturated heterocycles. The molecule has 1 aromatic carbocycles. The van der Waals surface area contributed by atoms with E-state index in [1.807, 2.05) is 37.8 Å². The number of likely N-dealkylation sites (tertiary alicyclic amines) is 1. The molecule has 3 heteroatoms. The Morgan fingerprint density at radius 2 is 2.05 bits per heavy atom. The number of hydrogen-bond donors (Lipinski definition) is 1. The highest BCUT2D eigenvalue weighted by atomic mass is 16.2. The van der Waals surface area contributed by atoms with Gasteiger partial charge in [-0.15, -0.1) is 0 Å². The van der Waals surface area contributed by atoms with Crippen molar-refractivity contribution in [2.45, 2.75) is 52.0 Å². The van der Waals surface area contributed by atoms with Gasteiger partial charge in [-0.3, -0.25) is 4.79 Å². The molecule has 0 unspecified atom stereocenters. The Balaban J connectivity index is 2.20. The lowest BCUT2D eigenvalue weighted by molar-refractivity contribution is -0.138. The second-order valence-corrected chi connectivity index (χ2v) is 6.95. The molecule has 1 amide bonds. The topological polar surface area (TPSA) is 46.3 Å². The van der Waals surface area contributed by atoms with E-state index in [-0.39, 0.29) is 11.9 Å². The minimum absolute atomic E-state index is 0.155. The molecule has 2 atom stereocenters. The first-order valence-corrected chi connectivity index (χ1v) is 7.95. The summed E-state index contributed by atoms with van der Waals surface area (Å²) in [5.41, 5.74) is 7.86. The molecule has 0 spiro atoms. The number of benzene rings is 1. The summed E-state index contributed by atoms with van der Waals surface area (Å²) in [6.07, 6.45) is 2.19. The van der Waals surface area contributed by atoms with Gasteiger partial charge in [0.25, 0.3) is 0 Å². The molecule has 116 valence electrons. The largest absolute Gasteiger partial charge is 0.342 e. The molecule has 0 radical (unpaired) electrons. The van der Waals surface area contributed by atoms with Crippen LogP contribution in [-0.4, -0.2) is 29.9 Å². The van der Waals surface area contributed by atoms with Crippen LogP contribution in [0.25, 0.3) is 0 Å². The molecule has 21 heavy (non-hydrogen) atoms. The summed E-state index contributed by atoms with van der Waals surface area (Å²) in [6.45, 7) is 9.85. The number of carbonyl (C=O) groups excluding carboxylic acids is 1. The second-order valence-electron chi connectivity index (χ2n) is 6.95. The van der Waals surface area contributed by atoms with E-state index in [0.29, 0.717) is 5.92 Å². The monoisotopic (exact) mass is 288 g/mol. The van der Waals surface area contributed by atoms with Gasteiger partial charge in [-0.1, -0.05) is 24.3 Å². The Morgan fingerprint density at radius 1 is 1.38 bits per heavy atom. The van der Waals surface area contributed by atoms with E-state index in [1.165, 1.54) is 5.56 Å². The van der Waals surface area contributed by atoms with Crippen molar-refractivity contribution in [1.82, 2.24) is 4.90 Å². The SMILES string of the molecule is Cc1ccccc1C(C)(C)C(=O)N1CCC[C@H]([C@@H](C)N)C1. The van der Waals surface area contributed by atoms with Crippen molar-refractivity contribution in [1.29, 1.82) is 0 Å². The molecule has 0 bridgehead atoms. The zero-order valence-corrected chi connectivity index (χ0v) is 13.7. The van der Waals surface area contributed by atoms with Gasteiger partial charge in [-0.05, 0) is 57.6 Å². The maximum atomic E-state index is 13.0. The predicted octanol–water partition coefficient (Wildman–Crippen LogP) is 2.86. The summed E-state index contributed by atoms with van der Waals surface area (Å²) in [5, 5.41) is 0. The van der Waals surface area contributed by atoms with E-state index in [9.17, 15) is 4.79 Å². The standard InChI is InChI=1S/C18H28N2O/c1-13-8-5-6-10-16(13)18(3,4)17(21)20-11-7-9-15(12-20)14(2)19/h5-6,8,10,14-15H,7,9,11-12,19H2,1-4H3/t14-,15+/m1/s1. The average Bonchev–Trinajstić information content (AvgIpc) is 2.46. The highest BCUT2D eigenvalue weighted by molar-refractivity contribution is 5.87. The third kappa shape index (κ3) is 3.29. The van der Waals surface area contributed by atoms with Crippen LogP contribution in [0.2, 0.25) is 0 Å². The first-order valence-electron chi connectivity index (χ1n) is 7.95. The Hall–Kier alpha value is -1.35. The number of aryl methyl sites for hydroxylation is 1. The van der Waals surface area contributed by atoms with Crippen LogP contribution in [0.1, 0.15) is 44.7 Å². The molecular formula is C18H28N2O. The highest BCUT2D eigenvalue weighted by Gasteiger charge is 2.37. The van der Waals surface area contributed by atoms with Crippen LogP contribution < -0.4 is 5.73 Å². The third-order valence-electron chi connectivity index (χ3n) is 4.84. The summed E-state index contributed by atoms with van der Waals surface area (Å²) in [4.78, 5) is 15.0. The van der Waals surface area contributed by atoms with E-state index in [0.717, 1.165) is 31.5 Å². The average molecular weight is 288 g/mol. The normalized spacial score (nSPS) is 21.2. The Labute approximate surface area is 128 Å². The summed E-state index contributed by atoms with van der Waals surface area (Å²) < 4.78 is 0. The molecule has 1 aliphatic heterocycles. The van der Waals surface area contributed by atoms with Crippen molar-refractivity contribution in [3.8, 4) is 0 Å². The molecule has 0 aliphatic carbocycles. The van der Waals surface area contributed by atoms with Crippen molar-refractivity contribution in [2.24, 2.45) is 11.7 Å². The van der Waals surface area contributed by atoms with Gasteiger partial charge in [0.05, 0.1) is 5.41 Å². The zero-order chi connectivity index (χ0) is 15.6. The van der Waals surface area contributed by atoms with E-state index in [1.54, 1.807) is 0 Å². The van der Waals surface area contributed by atoms with Gasteiger partial charge < -0.3 is 10.6 Å². The molecular weight excluding hydrogens is 260 g/mol. The highest BCUT2D eigenvalue weighted by Crippen LogP contribution is 2.30. The molecule has 0 saturated carbocycles. The van der Waals surface area contributed by atoms with E-state index in [4.69, 9.17) is 5.73 Å². The number of amides is 1. The summed E-state index contributed by atoms with van der Waals surface area (Å²) >= 11 is 0. The number of piperidine rings is 1. The quantitative estimate of drug-likeness (QED) is 0.929. The zero-order valence-electron chi connectivity index (χ0n) is 13.7. The molecule has 3 nitrogen and oxygen atoms in total. The first-order chi connectivity index (χ1) is 9.84. The van der Waals surface area contributed by atoms with Gasteiger partial charge in [0, 0.05) is 19.1 Å². The van der Waals surface area contributed by atoms with E-state index < -0.39 is 5.41 Å². The summed E-state index contributed by atoms with van der Waals surface area (Å²) in [7, 11) is 0. The van der Waals surface area contributed by atoms with Gasteiger partial charge in [-0.25, -0.2) is 0 Å². The maximum Gasteiger partial charge on any atom is 0.232 e. The van der Waals surface area contributed by atoms with Crippen LogP contribution >= 0.6 is 0 Å². The smallest absolute Gasteiger partial charge is 0.232 e. The summed E-state index contributed by atoms with van der Waals surface area (Å²) in [5.74, 6) is 0.650. The van der Waals surface area contributed by atoms with Gasteiger partial charge in [0.1, 0.15) is 0 Å². The summed E-state index contributed by atoms with van der Waals surface area (Å²) in [6, 6.07) is 8.33. The molecule has 1 heterocycles. The second kappa shape index (κ2) is 6.18. The fourth-order valence-electron chi connectivity index (χ4n) is 3.41. The minimum Gasteiger partial charge on any atom is -0.342 e. The molecule has 0 aromatic heterocycles. The number of rotatable bonds is 3. The Morgan fingerprint density at radius 3 is 2.67 bits per heavy atom. The molecule has 2 rings (SSSR count). The van der Waals surface area contributed by atoms with Crippen molar-refractivity contribution >= 4 is 5.91 Å². The predicted molar refractivity (Wildman–Crippen MR) is 87.2 cm³/mol. The third-order valence-corrected chi connectivity index (χ3v) is 4.84. The number of hydrogen-bond acceptors (Lipinski definition) is 2. The Bertz CT molecular complexity index is 508. The van der Waals surface area contributed by atoms with Crippen molar-refractivity contribution in [3.63, 3.8) is 0 Å². The van der Waals surface area contributed by atoms with Crippen molar-refractivity contribution in [2.75, 3.05) is 13.1 Å². The molecule has 1 aliphatic rings. The van der Waals surface area contributed by atoms with Crippen LogP contribution in [0.4, 0.5) is 0 Å². The fourth-order valence-corrected chi connectivity index (χ4v) is 3.41. The van der Waals surface area contributed by atoms with Gasteiger partial charge in [0.2, 0.25) is 5.91 Å². The molecule has 1 aromatic rings. The van der Waals surface area contributed by atoms with Gasteiger partial charge >= 0.3 is 0 Å². The van der Waals surface area contributed by atoms with Crippen LogP contribution in [0.15, 0.2) is 24.3 Å². The van der Waals surface area contributed by atoms with Crippen LogP contribution in [0.3, 0.4) is 0 Å². The van der Waals surface area contributed by atoms with Crippen LogP contribution in [0.5, 0.6) is 0 Å². The van der Waals surface area contributed by atoms with Crippen molar-refractivity contribution in [3.05, 3.63) is 35.4 Å². The lowest BCUT2D eigenvalue weighted by Gasteiger charge is -2.39. The lowest BCUT2D eigenvalue weighted by Crippen LogP contribution is -2.50. The number of carbonyl (C=O) groups is 1. The van der Waals surface area contributed by atoms with E-state index >= 15 is 0 Å². The van der Waals surface area contributed by atoms with Crippen LogP contribution in [-0.2, 0) is 10.2 Å². The first kappa shape index (κ1) is 16.0.